The molecule has 2 fully saturated rings. The summed E-state index contributed by atoms with van der Waals surface area (Å²) in [5.41, 5.74) is 2.45. The van der Waals surface area contributed by atoms with Gasteiger partial charge in [0.15, 0.2) is 0 Å². The third-order valence-corrected chi connectivity index (χ3v) is 3.79. The quantitative estimate of drug-likeness (QED) is 0.476. The largest absolute Gasteiger partial charge is 0.365 e. The Balaban J connectivity index is 1.97. The smallest absolute Gasteiger partial charge is 0.146 e. The first-order valence-electron chi connectivity index (χ1n) is 5.16. The lowest BCUT2D eigenvalue weighted by Gasteiger charge is -2.14. The molecule has 1 aliphatic heterocycles. The zero-order valence-electron chi connectivity index (χ0n) is 7.82. The van der Waals surface area contributed by atoms with Gasteiger partial charge in [-0.25, -0.2) is 0 Å². The lowest BCUT2D eigenvalue weighted by atomic mass is 9.90. The van der Waals surface area contributed by atoms with E-state index in [4.69, 9.17) is 4.74 Å². The van der Waals surface area contributed by atoms with E-state index in [1.165, 1.54) is 24.8 Å². The number of ether oxygens (including phenoxy) is 1. The minimum absolute atomic E-state index is 0.301. The molecular weight excluding hydrogens is 164 g/mol. The first kappa shape index (κ1) is 7.74. The fraction of sp³-hybridized carbons (Fsp3) is 0.727. The number of fused-ring (bicyclic) bond motifs is 2. The van der Waals surface area contributed by atoms with Gasteiger partial charge in [-0.2, -0.15) is 0 Å². The summed E-state index contributed by atoms with van der Waals surface area (Å²) in [4.78, 5) is 10.9. The number of carbonyl (C=O) groups excluding carboxylic acids is 1. The molecule has 2 bridgehead atoms. The Labute approximate surface area is 78.0 Å². The van der Waals surface area contributed by atoms with Crippen LogP contribution in [0, 0.1) is 11.8 Å². The Hall–Kier alpha value is -0.630. The molecule has 4 atom stereocenters. The van der Waals surface area contributed by atoms with Gasteiger partial charge in [-0.1, -0.05) is 0 Å². The maximum absolute atomic E-state index is 10.9. The lowest BCUT2D eigenvalue weighted by molar-refractivity contribution is -0.105. The highest BCUT2D eigenvalue weighted by Crippen LogP contribution is 2.52. The summed E-state index contributed by atoms with van der Waals surface area (Å²) < 4.78 is 5.47. The third kappa shape index (κ3) is 0.953. The first-order chi connectivity index (χ1) is 6.31. The number of carbonyl (C=O) groups is 1. The number of allylic oxidation sites excluding steroid dienone is 1. The second kappa shape index (κ2) is 2.44. The zero-order chi connectivity index (χ0) is 9.00. The number of rotatable bonds is 2. The molecule has 0 aromatic rings. The fourth-order valence-electron chi connectivity index (χ4n) is 3.09. The first-order valence-corrected chi connectivity index (χ1v) is 5.16. The Bertz CT molecular complexity index is 292. The molecule has 0 amide bonds. The van der Waals surface area contributed by atoms with Gasteiger partial charge in [0.25, 0.3) is 0 Å². The third-order valence-electron chi connectivity index (χ3n) is 3.79. The van der Waals surface area contributed by atoms with Crippen LogP contribution in [0.3, 0.4) is 0 Å². The highest BCUT2D eigenvalue weighted by atomic mass is 16.6. The molecule has 1 saturated carbocycles. The number of hydrogen-bond donors (Lipinski definition) is 0. The summed E-state index contributed by atoms with van der Waals surface area (Å²) in [5, 5.41) is 0. The van der Waals surface area contributed by atoms with Gasteiger partial charge in [0.1, 0.15) is 12.4 Å². The van der Waals surface area contributed by atoms with E-state index in [-0.39, 0.29) is 0 Å². The molecule has 1 heterocycles. The van der Waals surface area contributed by atoms with E-state index in [9.17, 15) is 4.79 Å². The zero-order valence-corrected chi connectivity index (χ0v) is 7.82. The molecule has 2 heteroatoms. The minimum Gasteiger partial charge on any atom is -0.365 e. The molecule has 0 spiro atoms. The maximum Gasteiger partial charge on any atom is 0.146 e. The Morgan fingerprint density at radius 1 is 1.38 bits per heavy atom. The van der Waals surface area contributed by atoms with E-state index >= 15 is 0 Å². The molecule has 3 aliphatic rings. The minimum atomic E-state index is 0.301. The van der Waals surface area contributed by atoms with E-state index < -0.39 is 0 Å². The van der Waals surface area contributed by atoms with Crippen LogP contribution in [0.15, 0.2) is 11.1 Å². The van der Waals surface area contributed by atoms with E-state index in [2.05, 4.69) is 6.92 Å². The van der Waals surface area contributed by atoms with E-state index in [0.717, 1.165) is 11.9 Å². The molecule has 13 heavy (non-hydrogen) atoms. The summed E-state index contributed by atoms with van der Waals surface area (Å²) in [7, 11) is 0. The number of epoxide rings is 1. The molecule has 1 saturated heterocycles. The van der Waals surface area contributed by atoms with Crippen molar-refractivity contribution in [3.63, 3.8) is 0 Å². The molecule has 3 rings (SSSR count). The second-order valence-electron chi connectivity index (χ2n) is 4.50. The van der Waals surface area contributed by atoms with Gasteiger partial charge in [0, 0.05) is 0 Å². The lowest BCUT2D eigenvalue weighted by Crippen LogP contribution is -2.10. The summed E-state index contributed by atoms with van der Waals surface area (Å²) in [5.74, 6) is 1.26. The highest BCUT2D eigenvalue weighted by molar-refractivity contribution is 5.78. The van der Waals surface area contributed by atoms with Crippen LogP contribution in [-0.2, 0) is 9.53 Å². The molecule has 0 N–H and O–H groups in total. The predicted molar refractivity (Wildman–Crippen MR) is 48.3 cm³/mol. The van der Waals surface area contributed by atoms with Crippen molar-refractivity contribution in [3.8, 4) is 0 Å². The SMILES string of the molecule is C[C@@H]1O[C@H]1C1=C(C=O)[C@H]2CC[C@@H]1C2. The van der Waals surface area contributed by atoms with Crippen molar-refractivity contribution in [1.82, 2.24) is 0 Å². The van der Waals surface area contributed by atoms with Crippen LogP contribution in [0.25, 0.3) is 0 Å². The van der Waals surface area contributed by atoms with Crippen LogP contribution in [0.2, 0.25) is 0 Å². The number of hydrogen-bond acceptors (Lipinski definition) is 2. The Kier molecular flexibility index (Phi) is 1.46. The van der Waals surface area contributed by atoms with Crippen molar-refractivity contribution in [2.45, 2.75) is 38.4 Å². The highest BCUT2D eigenvalue weighted by Gasteiger charge is 2.49. The monoisotopic (exact) mass is 178 g/mol. The van der Waals surface area contributed by atoms with Gasteiger partial charge in [0.2, 0.25) is 0 Å². The van der Waals surface area contributed by atoms with Crippen LogP contribution in [0.1, 0.15) is 26.2 Å². The van der Waals surface area contributed by atoms with E-state index in [1.54, 1.807) is 0 Å². The molecule has 0 unspecified atom stereocenters. The summed E-state index contributed by atoms with van der Waals surface area (Å²) in [6.45, 7) is 2.09. The maximum atomic E-state index is 10.9. The van der Waals surface area contributed by atoms with Gasteiger partial charge in [-0.3, -0.25) is 4.79 Å². The Morgan fingerprint density at radius 2 is 2.08 bits per heavy atom. The molecule has 0 radical (unpaired) electrons. The molecule has 70 valence electrons. The van der Waals surface area contributed by atoms with Crippen molar-refractivity contribution < 1.29 is 9.53 Å². The summed E-state index contributed by atoms with van der Waals surface area (Å²) in [6.07, 6.45) is 5.47. The van der Waals surface area contributed by atoms with Crippen molar-refractivity contribution in [2.75, 3.05) is 0 Å². The topological polar surface area (TPSA) is 29.6 Å². The van der Waals surface area contributed by atoms with Crippen LogP contribution in [0.5, 0.6) is 0 Å². The van der Waals surface area contributed by atoms with E-state index in [0.29, 0.717) is 24.0 Å². The Morgan fingerprint density at radius 3 is 2.69 bits per heavy atom. The average Bonchev–Trinajstić information content (AvgIpc) is 2.64. The molecule has 0 aromatic carbocycles. The summed E-state index contributed by atoms with van der Waals surface area (Å²) in [6, 6.07) is 0. The molecule has 2 nitrogen and oxygen atoms in total. The van der Waals surface area contributed by atoms with Crippen molar-refractivity contribution >= 4 is 6.29 Å². The molecule has 0 aromatic heterocycles. The van der Waals surface area contributed by atoms with Crippen LogP contribution >= 0.6 is 0 Å². The molecule has 2 aliphatic carbocycles. The fourth-order valence-corrected chi connectivity index (χ4v) is 3.09. The predicted octanol–water partition coefficient (Wildman–Crippen LogP) is 1.70. The van der Waals surface area contributed by atoms with Gasteiger partial charge >= 0.3 is 0 Å². The van der Waals surface area contributed by atoms with Crippen molar-refractivity contribution in [2.24, 2.45) is 11.8 Å². The van der Waals surface area contributed by atoms with Gasteiger partial charge in [-0.05, 0) is 49.2 Å². The van der Waals surface area contributed by atoms with Gasteiger partial charge in [-0.15, -0.1) is 0 Å². The summed E-state index contributed by atoms with van der Waals surface area (Å²) >= 11 is 0. The van der Waals surface area contributed by atoms with Crippen LogP contribution in [0.4, 0.5) is 0 Å². The normalized spacial score (nSPS) is 47.2. The van der Waals surface area contributed by atoms with Crippen LogP contribution in [-0.4, -0.2) is 18.5 Å². The van der Waals surface area contributed by atoms with Gasteiger partial charge in [0.05, 0.1) is 6.10 Å². The standard InChI is InChI=1S/C11H14O2/c1-6-11(13-6)10-8-3-2-7(4-8)9(10)5-12/h5-8,11H,2-4H2,1H3/t6-,7-,8+,11+/m0/s1. The van der Waals surface area contributed by atoms with Gasteiger partial charge < -0.3 is 4.74 Å². The molecular formula is C11H14O2. The van der Waals surface area contributed by atoms with E-state index in [1.807, 2.05) is 0 Å². The average molecular weight is 178 g/mol. The van der Waals surface area contributed by atoms with Crippen LogP contribution < -0.4 is 0 Å². The van der Waals surface area contributed by atoms with Crippen molar-refractivity contribution in [1.29, 1.82) is 0 Å². The number of aldehydes is 1. The second-order valence-corrected chi connectivity index (χ2v) is 4.50. The van der Waals surface area contributed by atoms with Crippen molar-refractivity contribution in [3.05, 3.63) is 11.1 Å².